The van der Waals surface area contributed by atoms with Crippen LogP contribution in [0.25, 0.3) is 0 Å². The molecule has 3 heterocycles. The second-order valence-electron chi connectivity index (χ2n) is 7.27. The molecule has 0 aliphatic carbocycles. The number of hydrogen-bond donors (Lipinski definition) is 0. The third-order valence-corrected chi connectivity index (χ3v) is 5.47. The minimum Gasteiger partial charge on any atom is -0.361 e. The number of hydrogen-bond acceptors (Lipinski definition) is 4. The molecule has 1 aromatic heterocycles. The summed E-state index contributed by atoms with van der Waals surface area (Å²) in [5, 5.41) is 3.86. The van der Waals surface area contributed by atoms with E-state index in [4.69, 9.17) is 4.52 Å². The van der Waals surface area contributed by atoms with Crippen molar-refractivity contribution in [1.29, 1.82) is 0 Å². The Labute approximate surface area is 143 Å². The van der Waals surface area contributed by atoms with Crippen LogP contribution in [0.5, 0.6) is 0 Å². The summed E-state index contributed by atoms with van der Waals surface area (Å²) in [6.07, 6.45) is 3.71. The summed E-state index contributed by atoms with van der Waals surface area (Å²) in [7, 11) is 0. The van der Waals surface area contributed by atoms with Crippen molar-refractivity contribution in [2.45, 2.75) is 46.5 Å². The summed E-state index contributed by atoms with van der Waals surface area (Å²) in [5.74, 6) is 1.61. The van der Waals surface area contributed by atoms with Gasteiger partial charge in [0.05, 0.1) is 5.69 Å². The Hall–Kier alpha value is -1.85. The van der Waals surface area contributed by atoms with Gasteiger partial charge in [0, 0.05) is 32.1 Å². The van der Waals surface area contributed by atoms with Crippen LogP contribution in [0.2, 0.25) is 0 Å². The molecule has 6 nitrogen and oxygen atoms in total. The number of piperidine rings is 2. The fourth-order valence-corrected chi connectivity index (χ4v) is 3.76. The van der Waals surface area contributed by atoms with E-state index in [0.717, 1.165) is 44.7 Å². The highest BCUT2D eigenvalue weighted by Gasteiger charge is 2.33. The molecule has 3 rings (SSSR count). The predicted octanol–water partition coefficient (Wildman–Crippen LogP) is 2.40. The van der Waals surface area contributed by atoms with E-state index in [1.54, 1.807) is 13.8 Å². The molecule has 2 aliphatic heterocycles. The monoisotopic (exact) mass is 333 g/mol. The molecule has 0 N–H and O–H groups in total. The van der Waals surface area contributed by atoms with Gasteiger partial charge in [0.2, 0.25) is 5.91 Å². The quantitative estimate of drug-likeness (QED) is 0.833. The standard InChI is InChI=1S/C18H27N3O3/c1-12-4-8-20(9-5-12)17(22)15-6-10-21(11-7-15)18(23)16-13(2)19-24-14(16)3/h12,15H,4-11H2,1-3H3. The summed E-state index contributed by atoms with van der Waals surface area (Å²) < 4.78 is 5.10. The zero-order valence-electron chi connectivity index (χ0n) is 14.9. The lowest BCUT2D eigenvalue weighted by molar-refractivity contribution is -0.138. The molecule has 1 aromatic rings. The molecule has 2 amide bonds. The van der Waals surface area contributed by atoms with E-state index in [1.165, 1.54) is 0 Å². The number of nitrogens with zero attached hydrogens (tertiary/aromatic N) is 3. The first-order valence-corrected chi connectivity index (χ1v) is 8.98. The van der Waals surface area contributed by atoms with Gasteiger partial charge in [-0.15, -0.1) is 0 Å². The van der Waals surface area contributed by atoms with Gasteiger partial charge in [-0.3, -0.25) is 9.59 Å². The van der Waals surface area contributed by atoms with Crippen molar-refractivity contribution in [3.63, 3.8) is 0 Å². The van der Waals surface area contributed by atoms with Gasteiger partial charge in [-0.2, -0.15) is 0 Å². The molecule has 2 fully saturated rings. The van der Waals surface area contributed by atoms with E-state index in [2.05, 4.69) is 12.1 Å². The van der Waals surface area contributed by atoms with E-state index in [-0.39, 0.29) is 17.7 Å². The summed E-state index contributed by atoms with van der Waals surface area (Å²) in [6, 6.07) is 0. The molecular formula is C18H27N3O3. The SMILES string of the molecule is Cc1noc(C)c1C(=O)N1CCC(C(=O)N2CCC(C)CC2)CC1. The number of aryl methyl sites for hydroxylation is 2. The van der Waals surface area contributed by atoms with Gasteiger partial charge in [-0.1, -0.05) is 12.1 Å². The molecular weight excluding hydrogens is 306 g/mol. The average molecular weight is 333 g/mol. The molecule has 6 heteroatoms. The number of carbonyl (C=O) groups excluding carboxylic acids is 2. The molecule has 0 atom stereocenters. The lowest BCUT2D eigenvalue weighted by Crippen LogP contribution is -2.46. The Morgan fingerprint density at radius 3 is 2.12 bits per heavy atom. The van der Waals surface area contributed by atoms with Crippen molar-refractivity contribution < 1.29 is 14.1 Å². The zero-order valence-corrected chi connectivity index (χ0v) is 14.9. The Morgan fingerprint density at radius 2 is 1.58 bits per heavy atom. The molecule has 0 spiro atoms. The highest BCUT2D eigenvalue weighted by atomic mass is 16.5. The van der Waals surface area contributed by atoms with Crippen molar-refractivity contribution in [1.82, 2.24) is 15.0 Å². The van der Waals surface area contributed by atoms with Gasteiger partial charge in [0.25, 0.3) is 5.91 Å². The largest absolute Gasteiger partial charge is 0.361 e. The van der Waals surface area contributed by atoms with Crippen LogP contribution in [-0.4, -0.2) is 52.9 Å². The third-order valence-electron chi connectivity index (χ3n) is 5.47. The first-order valence-electron chi connectivity index (χ1n) is 8.98. The van der Waals surface area contributed by atoms with Gasteiger partial charge in [-0.05, 0) is 45.4 Å². The first-order chi connectivity index (χ1) is 11.5. The van der Waals surface area contributed by atoms with Crippen LogP contribution >= 0.6 is 0 Å². The van der Waals surface area contributed by atoms with Gasteiger partial charge in [0.15, 0.2) is 0 Å². The van der Waals surface area contributed by atoms with E-state index in [1.807, 2.05) is 9.80 Å². The maximum Gasteiger partial charge on any atom is 0.259 e. The van der Waals surface area contributed by atoms with Gasteiger partial charge in [-0.25, -0.2) is 0 Å². The Bertz CT molecular complexity index is 590. The molecule has 132 valence electrons. The van der Waals surface area contributed by atoms with Gasteiger partial charge in [0.1, 0.15) is 11.3 Å². The molecule has 0 unspecified atom stereocenters. The van der Waals surface area contributed by atoms with E-state index in [0.29, 0.717) is 30.1 Å². The van der Waals surface area contributed by atoms with Crippen LogP contribution in [-0.2, 0) is 4.79 Å². The number of carbonyl (C=O) groups is 2. The number of rotatable bonds is 2. The van der Waals surface area contributed by atoms with Crippen LogP contribution in [0.15, 0.2) is 4.52 Å². The Morgan fingerprint density at radius 1 is 1.00 bits per heavy atom. The highest BCUT2D eigenvalue weighted by Crippen LogP contribution is 2.25. The number of likely N-dealkylation sites (tertiary alicyclic amines) is 2. The van der Waals surface area contributed by atoms with Crippen molar-refractivity contribution in [3.05, 3.63) is 17.0 Å². The Balaban J connectivity index is 1.56. The number of amides is 2. The number of aromatic nitrogens is 1. The molecule has 2 aliphatic rings. The van der Waals surface area contributed by atoms with Crippen LogP contribution in [0.1, 0.15) is 54.4 Å². The highest BCUT2D eigenvalue weighted by molar-refractivity contribution is 5.96. The summed E-state index contributed by atoms with van der Waals surface area (Å²) in [5.41, 5.74) is 1.21. The summed E-state index contributed by atoms with van der Waals surface area (Å²) >= 11 is 0. The average Bonchev–Trinajstić information content (AvgIpc) is 2.93. The van der Waals surface area contributed by atoms with Crippen molar-refractivity contribution in [2.24, 2.45) is 11.8 Å². The van der Waals surface area contributed by atoms with Gasteiger partial charge >= 0.3 is 0 Å². The molecule has 24 heavy (non-hydrogen) atoms. The fourth-order valence-electron chi connectivity index (χ4n) is 3.76. The molecule has 0 bridgehead atoms. The van der Waals surface area contributed by atoms with Crippen LogP contribution in [0.4, 0.5) is 0 Å². The first kappa shape index (κ1) is 17.0. The molecule has 2 saturated heterocycles. The maximum absolute atomic E-state index is 12.7. The lowest BCUT2D eigenvalue weighted by Gasteiger charge is -2.36. The van der Waals surface area contributed by atoms with Crippen LogP contribution in [0, 0.1) is 25.7 Å². The fraction of sp³-hybridized carbons (Fsp3) is 0.722. The smallest absolute Gasteiger partial charge is 0.259 e. The summed E-state index contributed by atoms with van der Waals surface area (Å²) in [4.78, 5) is 29.2. The second-order valence-corrected chi connectivity index (χ2v) is 7.27. The zero-order chi connectivity index (χ0) is 17.3. The normalized spacial score (nSPS) is 20.5. The van der Waals surface area contributed by atoms with E-state index in [9.17, 15) is 9.59 Å². The topological polar surface area (TPSA) is 66.7 Å². The third kappa shape index (κ3) is 3.32. The lowest BCUT2D eigenvalue weighted by atomic mass is 9.92. The summed E-state index contributed by atoms with van der Waals surface area (Å²) in [6.45, 7) is 8.84. The minimum atomic E-state index is -0.0241. The van der Waals surface area contributed by atoms with Crippen LogP contribution < -0.4 is 0 Å². The molecule has 0 saturated carbocycles. The van der Waals surface area contributed by atoms with Crippen molar-refractivity contribution in [3.8, 4) is 0 Å². The minimum absolute atomic E-state index is 0.0241. The van der Waals surface area contributed by atoms with Gasteiger partial charge < -0.3 is 14.3 Å². The Kier molecular flexibility index (Phi) is 4.92. The molecule has 0 radical (unpaired) electrons. The van der Waals surface area contributed by atoms with Crippen molar-refractivity contribution >= 4 is 11.8 Å². The predicted molar refractivity (Wildman–Crippen MR) is 89.6 cm³/mol. The van der Waals surface area contributed by atoms with Crippen molar-refractivity contribution in [2.75, 3.05) is 26.2 Å². The van der Waals surface area contributed by atoms with Crippen LogP contribution in [0.3, 0.4) is 0 Å². The van der Waals surface area contributed by atoms with E-state index >= 15 is 0 Å². The van der Waals surface area contributed by atoms with E-state index < -0.39 is 0 Å². The second kappa shape index (κ2) is 6.95. The molecule has 0 aromatic carbocycles. The maximum atomic E-state index is 12.7.